The topological polar surface area (TPSA) is 70.2 Å². The first-order valence-electron chi connectivity index (χ1n) is 7.23. The molecule has 0 aromatic carbocycles. The second-order valence-electron chi connectivity index (χ2n) is 5.60. The summed E-state index contributed by atoms with van der Waals surface area (Å²) in [5.74, 6) is 0.194. The van der Waals surface area contributed by atoms with Crippen LogP contribution in [-0.2, 0) is 4.79 Å². The van der Waals surface area contributed by atoms with E-state index in [-0.39, 0.29) is 11.7 Å². The summed E-state index contributed by atoms with van der Waals surface area (Å²) in [6.45, 7) is 5.72. The Hall–Kier alpha value is -1.92. The van der Waals surface area contributed by atoms with Crippen LogP contribution in [0.5, 0.6) is 0 Å². The second kappa shape index (κ2) is 6.24. The molecule has 7 heteroatoms. The number of nitrogens with one attached hydrogen (secondary N) is 2. The fraction of sp³-hybridized carbons (Fsp3) is 0.643. The van der Waals surface area contributed by atoms with Crippen LogP contribution in [0, 0.1) is 11.2 Å². The number of carbonyl (C=O) groups is 1. The second-order valence-corrected chi connectivity index (χ2v) is 5.60. The normalized spacial score (nSPS) is 21.4. The van der Waals surface area contributed by atoms with E-state index in [1.165, 1.54) is 6.20 Å². The van der Waals surface area contributed by atoms with E-state index in [9.17, 15) is 9.18 Å². The third-order valence-corrected chi connectivity index (χ3v) is 3.81. The summed E-state index contributed by atoms with van der Waals surface area (Å²) in [7, 11) is 1.62. The van der Waals surface area contributed by atoms with E-state index in [0.29, 0.717) is 25.5 Å². The van der Waals surface area contributed by atoms with Crippen LogP contribution in [0.25, 0.3) is 0 Å². The molecule has 1 unspecified atom stereocenters. The number of nitrogens with zero attached hydrogens (tertiary/aromatic N) is 3. The molecule has 0 spiro atoms. The number of rotatable bonds is 5. The Balaban J connectivity index is 2.17. The summed E-state index contributed by atoms with van der Waals surface area (Å²) < 4.78 is 14.0. The summed E-state index contributed by atoms with van der Waals surface area (Å²) in [4.78, 5) is 21.9. The van der Waals surface area contributed by atoms with Crippen molar-refractivity contribution in [2.45, 2.75) is 26.7 Å². The molecule has 0 aliphatic carbocycles. The lowest BCUT2D eigenvalue weighted by atomic mass is 9.89. The van der Waals surface area contributed by atoms with Crippen LogP contribution in [-0.4, -0.2) is 42.6 Å². The zero-order valence-corrected chi connectivity index (χ0v) is 12.7. The van der Waals surface area contributed by atoms with Crippen molar-refractivity contribution >= 4 is 17.7 Å². The van der Waals surface area contributed by atoms with Gasteiger partial charge >= 0.3 is 0 Å². The van der Waals surface area contributed by atoms with Crippen molar-refractivity contribution in [3.05, 3.63) is 12.0 Å². The van der Waals surface area contributed by atoms with Gasteiger partial charge < -0.3 is 15.5 Å². The number of anilines is 2. The Bertz CT molecular complexity index is 524. The van der Waals surface area contributed by atoms with Crippen molar-refractivity contribution < 1.29 is 9.18 Å². The van der Waals surface area contributed by atoms with Gasteiger partial charge in [-0.05, 0) is 19.8 Å². The molecular weight excluding hydrogens is 273 g/mol. The van der Waals surface area contributed by atoms with Gasteiger partial charge in [-0.25, -0.2) is 9.37 Å². The average Bonchev–Trinajstić information content (AvgIpc) is 2.89. The van der Waals surface area contributed by atoms with Crippen molar-refractivity contribution in [3.63, 3.8) is 0 Å². The average molecular weight is 295 g/mol. The largest absolute Gasteiger partial charge is 0.359 e. The van der Waals surface area contributed by atoms with E-state index in [2.05, 4.69) is 20.6 Å². The number of amides is 1. The van der Waals surface area contributed by atoms with E-state index in [0.717, 1.165) is 13.0 Å². The molecule has 1 saturated heterocycles. The van der Waals surface area contributed by atoms with Crippen molar-refractivity contribution in [2.75, 3.05) is 36.9 Å². The molecule has 2 heterocycles. The van der Waals surface area contributed by atoms with E-state index < -0.39 is 11.2 Å². The van der Waals surface area contributed by atoms with Gasteiger partial charge in [0.15, 0.2) is 11.6 Å². The number of halogens is 1. The van der Waals surface area contributed by atoms with Crippen LogP contribution in [0.2, 0.25) is 0 Å². The van der Waals surface area contributed by atoms with Crippen molar-refractivity contribution in [1.82, 2.24) is 15.3 Å². The number of carbonyl (C=O) groups excluding carboxylic acids is 1. The molecule has 0 radical (unpaired) electrons. The molecule has 6 nitrogen and oxygen atoms in total. The van der Waals surface area contributed by atoms with E-state index in [4.69, 9.17) is 0 Å². The van der Waals surface area contributed by atoms with Gasteiger partial charge in [0.2, 0.25) is 11.9 Å². The molecule has 2 N–H and O–H groups in total. The van der Waals surface area contributed by atoms with Gasteiger partial charge in [0.25, 0.3) is 0 Å². The first kappa shape index (κ1) is 15.5. The molecule has 2 rings (SSSR count). The summed E-state index contributed by atoms with van der Waals surface area (Å²) in [6.07, 6.45) is 2.79. The number of hydrogen-bond acceptors (Lipinski definition) is 5. The standard InChI is InChI=1S/C14H22FN5O/c1-4-6-17-13-18-8-10(15)11(19-13)20-7-5-14(2,9-20)12(21)16-3/h8H,4-7,9H2,1-3H3,(H,16,21)(H,17,18,19). The lowest BCUT2D eigenvalue weighted by Crippen LogP contribution is -2.39. The third-order valence-electron chi connectivity index (χ3n) is 3.81. The van der Waals surface area contributed by atoms with Crippen molar-refractivity contribution in [1.29, 1.82) is 0 Å². The molecular formula is C14H22FN5O. The van der Waals surface area contributed by atoms with E-state index in [1.54, 1.807) is 7.05 Å². The number of hydrogen-bond donors (Lipinski definition) is 2. The number of aromatic nitrogens is 2. The highest BCUT2D eigenvalue weighted by Crippen LogP contribution is 2.33. The Morgan fingerprint density at radius 3 is 3.00 bits per heavy atom. The van der Waals surface area contributed by atoms with Crippen LogP contribution < -0.4 is 15.5 Å². The molecule has 0 saturated carbocycles. The van der Waals surface area contributed by atoms with Gasteiger partial charge in [0.1, 0.15) is 0 Å². The Kier molecular flexibility index (Phi) is 4.59. The van der Waals surface area contributed by atoms with Crippen LogP contribution in [0.15, 0.2) is 6.20 Å². The first-order chi connectivity index (χ1) is 10.00. The molecule has 1 fully saturated rings. The summed E-state index contributed by atoms with van der Waals surface area (Å²) >= 11 is 0. The SMILES string of the molecule is CCCNc1ncc(F)c(N2CCC(C)(C(=O)NC)C2)n1. The lowest BCUT2D eigenvalue weighted by molar-refractivity contribution is -0.128. The smallest absolute Gasteiger partial charge is 0.227 e. The zero-order valence-electron chi connectivity index (χ0n) is 12.7. The van der Waals surface area contributed by atoms with Crippen LogP contribution >= 0.6 is 0 Å². The van der Waals surface area contributed by atoms with Gasteiger partial charge in [-0.2, -0.15) is 4.98 Å². The predicted octanol–water partition coefficient (Wildman–Crippen LogP) is 1.40. The van der Waals surface area contributed by atoms with Crippen LogP contribution in [0.4, 0.5) is 16.2 Å². The van der Waals surface area contributed by atoms with Gasteiger partial charge in [0, 0.05) is 26.7 Å². The van der Waals surface area contributed by atoms with Crippen molar-refractivity contribution in [2.24, 2.45) is 5.41 Å². The van der Waals surface area contributed by atoms with E-state index in [1.807, 2.05) is 18.7 Å². The van der Waals surface area contributed by atoms with Crippen LogP contribution in [0.3, 0.4) is 0 Å². The highest BCUT2D eigenvalue weighted by Gasteiger charge is 2.41. The fourth-order valence-corrected chi connectivity index (χ4v) is 2.53. The fourth-order valence-electron chi connectivity index (χ4n) is 2.53. The minimum atomic E-state index is -0.511. The molecule has 1 aliphatic heterocycles. The highest BCUT2D eigenvalue weighted by molar-refractivity contribution is 5.83. The first-order valence-corrected chi connectivity index (χ1v) is 7.23. The molecule has 1 amide bonds. The maximum atomic E-state index is 14.0. The molecule has 0 bridgehead atoms. The monoisotopic (exact) mass is 295 g/mol. The third kappa shape index (κ3) is 3.22. The molecule has 21 heavy (non-hydrogen) atoms. The molecule has 116 valence electrons. The predicted molar refractivity (Wildman–Crippen MR) is 79.8 cm³/mol. The molecule has 1 atom stereocenters. The summed E-state index contributed by atoms with van der Waals surface area (Å²) in [5, 5.41) is 5.71. The maximum absolute atomic E-state index is 14.0. The zero-order chi connectivity index (χ0) is 15.5. The molecule has 1 aliphatic rings. The van der Waals surface area contributed by atoms with Gasteiger partial charge in [-0.1, -0.05) is 6.92 Å². The minimum absolute atomic E-state index is 0.0243. The lowest BCUT2D eigenvalue weighted by Gasteiger charge is -2.23. The van der Waals surface area contributed by atoms with Crippen molar-refractivity contribution in [3.8, 4) is 0 Å². The van der Waals surface area contributed by atoms with Gasteiger partial charge in [-0.3, -0.25) is 4.79 Å². The summed E-state index contributed by atoms with van der Waals surface area (Å²) in [5.41, 5.74) is -0.511. The van der Waals surface area contributed by atoms with Gasteiger partial charge in [0.05, 0.1) is 11.6 Å². The Morgan fingerprint density at radius 2 is 2.33 bits per heavy atom. The summed E-state index contributed by atoms with van der Waals surface area (Å²) in [6, 6.07) is 0. The quantitative estimate of drug-likeness (QED) is 0.859. The van der Waals surface area contributed by atoms with Crippen LogP contribution in [0.1, 0.15) is 26.7 Å². The van der Waals surface area contributed by atoms with E-state index >= 15 is 0 Å². The maximum Gasteiger partial charge on any atom is 0.227 e. The highest BCUT2D eigenvalue weighted by atomic mass is 19.1. The molecule has 1 aromatic rings. The molecule has 1 aromatic heterocycles. The minimum Gasteiger partial charge on any atom is -0.359 e. The Morgan fingerprint density at radius 1 is 1.57 bits per heavy atom. The van der Waals surface area contributed by atoms with Gasteiger partial charge in [-0.15, -0.1) is 0 Å². The Labute approximate surface area is 124 Å².